The molecule has 3 rings (SSSR count). The fraction of sp³-hybridized carbons (Fsp3) is 0.300. The van der Waals surface area contributed by atoms with Crippen molar-refractivity contribution < 1.29 is 22.8 Å². The van der Waals surface area contributed by atoms with Crippen molar-refractivity contribution in [2.75, 3.05) is 16.8 Å². The molecule has 1 aliphatic heterocycles. The van der Waals surface area contributed by atoms with E-state index in [2.05, 4.69) is 5.32 Å². The molecule has 0 aromatic heterocycles. The molecule has 27 heavy (non-hydrogen) atoms. The molecule has 4 nitrogen and oxygen atoms in total. The summed E-state index contributed by atoms with van der Waals surface area (Å²) >= 11 is 0. The monoisotopic (exact) mass is 376 g/mol. The first-order valence-electron chi connectivity index (χ1n) is 8.65. The Hall–Kier alpha value is -2.83. The van der Waals surface area contributed by atoms with E-state index in [1.165, 1.54) is 12.1 Å². The number of benzene rings is 2. The highest BCUT2D eigenvalue weighted by Crippen LogP contribution is 2.30. The Balaban J connectivity index is 1.65. The number of nitrogens with zero attached hydrogens (tertiary/aromatic N) is 1. The molecule has 142 valence electrons. The number of rotatable bonds is 4. The molecule has 0 spiro atoms. The van der Waals surface area contributed by atoms with Gasteiger partial charge in [0.05, 0.1) is 11.5 Å². The Morgan fingerprint density at radius 1 is 1.11 bits per heavy atom. The van der Waals surface area contributed by atoms with Crippen LogP contribution in [0.3, 0.4) is 0 Å². The van der Waals surface area contributed by atoms with Crippen LogP contribution in [0, 0.1) is 5.92 Å². The number of hydrogen-bond donors (Lipinski definition) is 1. The SMILES string of the molecule is CCc1ccc(N2C[C@@H](C(=O)Nc3ccc(C(F)(F)F)cc3)CC2=O)cc1. The van der Waals surface area contributed by atoms with Gasteiger partial charge in [0.25, 0.3) is 0 Å². The highest BCUT2D eigenvalue weighted by atomic mass is 19.4. The zero-order chi connectivity index (χ0) is 19.6. The molecule has 1 N–H and O–H groups in total. The minimum Gasteiger partial charge on any atom is -0.326 e. The lowest BCUT2D eigenvalue weighted by molar-refractivity contribution is -0.137. The van der Waals surface area contributed by atoms with Crippen LogP contribution in [0.5, 0.6) is 0 Å². The van der Waals surface area contributed by atoms with E-state index in [1.54, 1.807) is 4.90 Å². The summed E-state index contributed by atoms with van der Waals surface area (Å²) < 4.78 is 37.8. The number of alkyl halides is 3. The number of carbonyl (C=O) groups is 2. The van der Waals surface area contributed by atoms with Crippen molar-refractivity contribution in [2.45, 2.75) is 25.9 Å². The van der Waals surface area contributed by atoms with E-state index in [0.717, 1.165) is 29.8 Å². The summed E-state index contributed by atoms with van der Waals surface area (Å²) in [6, 6.07) is 11.8. The van der Waals surface area contributed by atoms with Gasteiger partial charge >= 0.3 is 6.18 Å². The maximum Gasteiger partial charge on any atom is 0.416 e. The standard InChI is InChI=1S/C20H19F3N2O2/c1-2-13-3-9-17(10-4-13)25-12-14(11-18(25)26)19(27)24-16-7-5-15(6-8-16)20(21,22)23/h3-10,14H,2,11-12H2,1H3,(H,24,27)/t14-/m0/s1. The van der Waals surface area contributed by atoms with Crippen molar-refractivity contribution in [3.05, 3.63) is 59.7 Å². The first-order chi connectivity index (χ1) is 12.8. The average Bonchev–Trinajstić information content (AvgIpc) is 3.03. The van der Waals surface area contributed by atoms with Crippen LogP contribution in [0.2, 0.25) is 0 Å². The molecule has 0 saturated carbocycles. The summed E-state index contributed by atoms with van der Waals surface area (Å²) in [5.41, 5.74) is 1.38. The quantitative estimate of drug-likeness (QED) is 0.867. The molecular weight excluding hydrogens is 357 g/mol. The number of aryl methyl sites for hydroxylation is 1. The van der Waals surface area contributed by atoms with Crippen molar-refractivity contribution in [1.82, 2.24) is 0 Å². The van der Waals surface area contributed by atoms with Crippen LogP contribution in [0.4, 0.5) is 24.5 Å². The second-order valence-corrected chi connectivity index (χ2v) is 6.49. The summed E-state index contributed by atoms with van der Waals surface area (Å²) in [5, 5.41) is 2.59. The fourth-order valence-electron chi connectivity index (χ4n) is 3.03. The number of hydrogen-bond acceptors (Lipinski definition) is 2. The summed E-state index contributed by atoms with van der Waals surface area (Å²) in [4.78, 5) is 26.2. The minimum absolute atomic E-state index is 0.0714. The van der Waals surface area contributed by atoms with E-state index in [4.69, 9.17) is 0 Å². The lowest BCUT2D eigenvalue weighted by Crippen LogP contribution is -2.28. The Bertz CT molecular complexity index is 830. The number of amides is 2. The van der Waals surface area contributed by atoms with Crippen LogP contribution >= 0.6 is 0 Å². The van der Waals surface area contributed by atoms with Gasteiger partial charge in [-0.05, 0) is 48.4 Å². The first kappa shape index (κ1) is 18.9. The lowest BCUT2D eigenvalue weighted by atomic mass is 10.1. The third-order valence-corrected chi connectivity index (χ3v) is 4.63. The van der Waals surface area contributed by atoms with E-state index in [-0.39, 0.29) is 30.5 Å². The zero-order valence-corrected chi connectivity index (χ0v) is 14.7. The Labute approximate surface area is 155 Å². The van der Waals surface area contributed by atoms with E-state index >= 15 is 0 Å². The normalized spacial score (nSPS) is 17.3. The molecule has 2 aromatic carbocycles. The molecule has 1 heterocycles. The van der Waals surface area contributed by atoms with E-state index in [1.807, 2.05) is 31.2 Å². The third-order valence-electron chi connectivity index (χ3n) is 4.63. The molecule has 1 aliphatic rings. The van der Waals surface area contributed by atoms with Gasteiger partial charge in [-0.25, -0.2) is 0 Å². The minimum atomic E-state index is -4.42. The summed E-state index contributed by atoms with van der Waals surface area (Å²) in [6.07, 6.45) is -3.46. The first-order valence-corrected chi connectivity index (χ1v) is 8.65. The lowest BCUT2D eigenvalue weighted by Gasteiger charge is -2.17. The van der Waals surface area contributed by atoms with Crippen LogP contribution in [-0.4, -0.2) is 18.4 Å². The van der Waals surface area contributed by atoms with Gasteiger partial charge in [-0.3, -0.25) is 9.59 Å². The van der Waals surface area contributed by atoms with Gasteiger partial charge in [0, 0.05) is 24.3 Å². The number of halogens is 3. The fourth-order valence-corrected chi connectivity index (χ4v) is 3.03. The molecule has 1 fully saturated rings. The van der Waals surface area contributed by atoms with Crippen molar-refractivity contribution >= 4 is 23.2 Å². The number of nitrogens with one attached hydrogen (secondary N) is 1. The van der Waals surface area contributed by atoms with Crippen molar-refractivity contribution in [3.8, 4) is 0 Å². The summed E-state index contributed by atoms with van der Waals surface area (Å²) in [5.74, 6) is -1.08. The highest BCUT2D eigenvalue weighted by Gasteiger charge is 2.35. The van der Waals surface area contributed by atoms with Gasteiger partial charge in [-0.2, -0.15) is 13.2 Å². The van der Waals surface area contributed by atoms with Crippen LogP contribution in [-0.2, 0) is 22.2 Å². The molecule has 0 bridgehead atoms. The smallest absolute Gasteiger partial charge is 0.326 e. The topological polar surface area (TPSA) is 49.4 Å². The van der Waals surface area contributed by atoms with Gasteiger partial charge in [0.1, 0.15) is 0 Å². The van der Waals surface area contributed by atoms with Gasteiger partial charge in [0.15, 0.2) is 0 Å². The Kier molecular flexibility index (Phi) is 5.21. The molecule has 2 amide bonds. The van der Waals surface area contributed by atoms with Crippen molar-refractivity contribution in [2.24, 2.45) is 5.92 Å². The second-order valence-electron chi connectivity index (χ2n) is 6.49. The molecule has 1 saturated heterocycles. The van der Waals surface area contributed by atoms with Gasteiger partial charge < -0.3 is 10.2 Å². The van der Waals surface area contributed by atoms with Crippen molar-refractivity contribution in [3.63, 3.8) is 0 Å². The molecule has 0 unspecified atom stereocenters. The van der Waals surface area contributed by atoms with E-state index < -0.39 is 17.7 Å². The number of carbonyl (C=O) groups excluding carboxylic acids is 2. The Morgan fingerprint density at radius 2 is 1.74 bits per heavy atom. The third kappa shape index (κ3) is 4.30. The molecule has 7 heteroatoms. The van der Waals surface area contributed by atoms with Crippen LogP contribution in [0.25, 0.3) is 0 Å². The Morgan fingerprint density at radius 3 is 2.30 bits per heavy atom. The van der Waals surface area contributed by atoms with Crippen molar-refractivity contribution in [1.29, 1.82) is 0 Å². The zero-order valence-electron chi connectivity index (χ0n) is 14.7. The van der Waals surface area contributed by atoms with Gasteiger partial charge in [0.2, 0.25) is 11.8 Å². The van der Waals surface area contributed by atoms with Gasteiger partial charge in [-0.1, -0.05) is 19.1 Å². The molecule has 0 radical (unpaired) electrons. The maximum absolute atomic E-state index is 12.6. The summed E-state index contributed by atoms with van der Waals surface area (Å²) in [6.45, 7) is 2.29. The predicted octanol–water partition coefficient (Wildman–Crippen LogP) is 4.26. The molecule has 0 aliphatic carbocycles. The van der Waals surface area contributed by atoms with Gasteiger partial charge in [-0.15, -0.1) is 0 Å². The van der Waals surface area contributed by atoms with Crippen LogP contribution in [0.1, 0.15) is 24.5 Å². The highest BCUT2D eigenvalue weighted by molar-refractivity contribution is 6.03. The van der Waals surface area contributed by atoms with Crippen LogP contribution in [0.15, 0.2) is 48.5 Å². The molecular formula is C20H19F3N2O2. The van der Waals surface area contributed by atoms with E-state index in [9.17, 15) is 22.8 Å². The molecule has 1 atom stereocenters. The average molecular weight is 376 g/mol. The second kappa shape index (κ2) is 7.42. The summed E-state index contributed by atoms with van der Waals surface area (Å²) in [7, 11) is 0. The number of anilines is 2. The largest absolute Gasteiger partial charge is 0.416 e. The van der Waals surface area contributed by atoms with E-state index in [0.29, 0.717) is 0 Å². The van der Waals surface area contributed by atoms with Crippen LogP contribution < -0.4 is 10.2 Å². The maximum atomic E-state index is 12.6. The predicted molar refractivity (Wildman–Crippen MR) is 96.4 cm³/mol. The molecule has 2 aromatic rings.